The van der Waals surface area contributed by atoms with Gasteiger partial charge in [-0.2, -0.15) is 0 Å². The number of methoxy groups -OCH3 is 1. The lowest BCUT2D eigenvalue weighted by atomic mass is 10.2. The van der Waals surface area contributed by atoms with E-state index in [1.165, 1.54) is 7.11 Å². The second-order valence-electron chi connectivity index (χ2n) is 2.27. The molecule has 0 saturated carbocycles. The first kappa shape index (κ1) is 9.47. The molecule has 0 unspecified atom stereocenters. The van der Waals surface area contributed by atoms with Gasteiger partial charge >= 0.3 is 5.97 Å². The van der Waals surface area contributed by atoms with Crippen molar-refractivity contribution in [3.63, 3.8) is 0 Å². The van der Waals surface area contributed by atoms with Crippen molar-refractivity contribution in [2.24, 2.45) is 0 Å². The number of esters is 1. The Morgan fingerprint density at radius 1 is 1.62 bits per heavy atom. The Balaban J connectivity index is 2.97. The lowest BCUT2D eigenvalue weighted by molar-refractivity contribution is 0.0601. The van der Waals surface area contributed by atoms with E-state index in [1.807, 2.05) is 0 Å². The van der Waals surface area contributed by atoms with E-state index >= 15 is 0 Å². The zero-order chi connectivity index (χ0) is 9.68. The molecule has 13 heavy (non-hydrogen) atoms. The van der Waals surface area contributed by atoms with Crippen LogP contribution in [0.1, 0.15) is 10.4 Å². The second-order valence-corrected chi connectivity index (χ2v) is 2.27. The lowest BCUT2D eigenvalue weighted by Gasteiger charge is -2.06. The number of nitrogens with one attached hydrogen (secondary N) is 2. The Labute approximate surface area is 76.1 Å². The normalized spacial score (nSPS) is 9.38. The van der Waals surface area contributed by atoms with Gasteiger partial charge in [0.05, 0.1) is 7.11 Å². The van der Waals surface area contributed by atoms with Crippen LogP contribution >= 0.6 is 0 Å². The monoisotopic (exact) mass is 181 g/mol. The molecule has 0 saturated heterocycles. The van der Waals surface area contributed by atoms with E-state index in [1.54, 1.807) is 25.4 Å². The minimum absolute atomic E-state index is 0.402. The number of nitrogens with zero attached hydrogens (tertiary/aromatic N) is 1. The Hall–Kier alpha value is -1.62. The molecule has 1 aromatic heterocycles. The van der Waals surface area contributed by atoms with Gasteiger partial charge in [-0.1, -0.05) is 0 Å². The second kappa shape index (κ2) is 4.42. The summed E-state index contributed by atoms with van der Waals surface area (Å²) in [5.74, 6) is 0.0442. The molecule has 0 aliphatic heterocycles. The van der Waals surface area contributed by atoms with Crippen molar-refractivity contribution in [2.45, 2.75) is 0 Å². The van der Waals surface area contributed by atoms with Crippen molar-refractivity contribution < 1.29 is 9.53 Å². The predicted octanol–water partition coefficient (Wildman–Crippen LogP) is 0.414. The molecule has 0 radical (unpaired) electrons. The van der Waals surface area contributed by atoms with E-state index in [-0.39, 0.29) is 0 Å². The van der Waals surface area contributed by atoms with Gasteiger partial charge in [-0.3, -0.25) is 0 Å². The van der Waals surface area contributed by atoms with E-state index in [0.29, 0.717) is 11.4 Å². The molecule has 0 bridgehead atoms. The SMILES string of the molecule is CNNc1ncccc1C(=O)OC. The van der Waals surface area contributed by atoms with Crippen molar-refractivity contribution in [2.75, 3.05) is 19.6 Å². The first-order chi connectivity index (χ1) is 6.29. The number of hydrogen-bond donors (Lipinski definition) is 2. The molecule has 70 valence electrons. The molecule has 0 fully saturated rings. The highest BCUT2D eigenvalue weighted by molar-refractivity contribution is 5.94. The summed E-state index contributed by atoms with van der Waals surface area (Å²) >= 11 is 0. The molecule has 5 nitrogen and oxygen atoms in total. The summed E-state index contributed by atoms with van der Waals surface area (Å²) in [5.41, 5.74) is 5.81. The summed E-state index contributed by atoms with van der Waals surface area (Å²) in [5, 5.41) is 0. The maximum atomic E-state index is 11.2. The molecule has 0 amide bonds. The van der Waals surface area contributed by atoms with Gasteiger partial charge in [0.2, 0.25) is 0 Å². The van der Waals surface area contributed by atoms with Crippen LogP contribution in [0.15, 0.2) is 18.3 Å². The van der Waals surface area contributed by atoms with Crippen LogP contribution in [-0.4, -0.2) is 25.1 Å². The number of ether oxygens (including phenoxy) is 1. The van der Waals surface area contributed by atoms with Gasteiger partial charge in [-0.15, -0.1) is 0 Å². The number of rotatable bonds is 3. The zero-order valence-corrected chi connectivity index (χ0v) is 7.50. The summed E-state index contributed by atoms with van der Waals surface area (Å²) in [6.45, 7) is 0. The molecular weight excluding hydrogens is 170 g/mol. The fourth-order valence-corrected chi connectivity index (χ4v) is 0.898. The minimum atomic E-state index is -0.411. The third kappa shape index (κ3) is 2.16. The highest BCUT2D eigenvalue weighted by atomic mass is 16.5. The van der Waals surface area contributed by atoms with Gasteiger partial charge in [-0.25, -0.2) is 15.2 Å². The topological polar surface area (TPSA) is 63.2 Å². The van der Waals surface area contributed by atoms with Gasteiger partial charge in [-0.05, 0) is 12.1 Å². The highest BCUT2D eigenvalue weighted by Gasteiger charge is 2.10. The smallest absolute Gasteiger partial charge is 0.341 e. The Kier molecular flexibility index (Phi) is 3.22. The lowest BCUT2D eigenvalue weighted by Crippen LogP contribution is -2.19. The fraction of sp³-hybridized carbons (Fsp3) is 0.250. The average molecular weight is 181 g/mol. The van der Waals surface area contributed by atoms with E-state index in [9.17, 15) is 4.79 Å². The summed E-state index contributed by atoms with van der Waals surface area (Å²) in [6, 6.07) is 3.31. The molecule has 0 aromatic carbocycles. The maximum Gasteiger partial charge on any atom is 0.341 e. The van der Waals surface area contributed by atoms with Crippen LogP contribution in [0, 0.1) is 0 Å². The quantitative estimate of drug-likeness (QED) is 0.522. The summed E-state index contributed by atoms with van der Waals surface area (Å²) in [4.78, 5) is 15.1. The maximum absolute atomic E-state index is 11.2. The number of pyridine rings is 1. The van der Waals surface area contributed by atoms with Crippen LogP contribution < -0.4 is 10.9 Å². The summed E-state index contributed by atoms with van der Waals surface area (Å²) in [6.07, 6.45) is 1.59. The first-order valence-electron chi connectivity index (χ1n) is 3.75. The van der Waals surface area contributed by atoms with Gasteiger partial charge in [0.25, 0.3) is 0 Å². The average Bonchev–Trinajstić information content (AvgIpc) is 2.18. The summed E-state index contributed by atoms with van der Waals surface area (Å²) < 4.78 is 4.58. The number of hydrazine groups is 1. The third-order valence-corrected chi connectivity index (χ3v) is 1.46. The first-order valence-corrected chi connectivity index (χ1v) is 3.75. The van der Waals surface area contributed by atoms with Crippen LogP contribution in [0.2, 0.25) is 0 Å². The van der Waals surface area contributed by atoms with Crippen molar-refractivity contribution >= 4 is 11.8 Å². The van der Waals surface area contributed by atoms with Crippen LogP contribution in [0.4, 0.5) is 5.82 Å². The Bertz CT molecular complexity index is 301. The number of carbonyl (C=O) groups is 1. The molecule has 0 atom stereocenters. The molecule has 5 heteroatoms. The molecule has 0 aliphatic carbocycles. The molecule has 1 aromatic rings. The van der Waals surface area contributed by atoms with Crippen LogP contribution in [-0.2, 0) is 4.74 Å². The van der Waals surface area contributed by atoms with E-state index in [2.05, 4.69) is 20.6 Å². The van der Waals surface area contributed by atoms with Crippen LogP contribution in [0.25, 0.3) is 0 Å². The fourth-order valence-electron chi connectivity index (χ4n) is 0.898. The van der Waals surface area contributed by atoms with Gasteiger partial charge in [0, 0.05) is 13.2 Å². The highest BCUT2D eigenvalue weighted by Crippen LogP contribution is 2.10. The minimum Gasteiger partial charge on any atom is -0.465 e. The van der Waals surface area contributed by atoms with Crippen molar-refractivity contribution in [3.05, 3.63) is 23.9 Å². The van der Waals surface area contributed by atoms with Crippen molar-refractivity contribution in [3.8, 4) is 0 Å². The van der Waals surface area contributed by atoms with Crippen molar-refractivity contribution in [1.29, 1.82) is 0 Å². The number of aromatic nitrogens is 1. The number of carbonyl (C=O) groups excluding carboxylic acids is 1. The van der Waals surface area contributed by atoms with Gasteiger partial charge in [0.15, 0.2) is 5.82 Å². The Morgan fingerprint density at radius 2 is 2.38 bits per heavy atom. The molecule has 2 N–H and O–H groups in total. The third-order valence-electron chi connectivity index (χ3n) is 1.46. The molecule has 0 aliphatic rings. The van der Waals surface area contributed by atoms with Gasteiger partial charge < -0.3 is 10.2 Å². The molecular formula is C8H11N3O2. The standard InChI is InChI=1S/C8H11N3O2/c1-9-11-7-6(8(12)13-2)4-3-5-10-7/h3-5,9H,1-2H3,(H,10,11). The van der Waals surface area contributed by atoms with Crippen LogP contribution in [0.3, 0.4) is 0 Å². The molecule has 1 heterocycles. The van der Waals surface area contributed by atoms with E-state index < -0.39 is 5.97 Å². The van der Waals surface area contributed by atoms with Crippen molar-refractivity contribution in [1.82, 2.24) is 10.4 Å². The number of anilines is 1. The Morgan fingerprint density at radius 3 is 3.00 bits per heavy atom. The number of hydrogen-bond acceptors (Lipinski definition) is 5. The largest absolute Gasteiger partial charge is 0.465 e. The molecule has 1 rings (SSSR count). The van der Waals surface area contributed by atoms with Gasteiger partial charge in [0.1, 0.15) is 5.56 Å². The predicted molar refractivity (Wildman–Crippen MR) is 48.3 cm³/mol. The van der Waals surface area contributed by atoms with E-state index in [0.717, 1.165) is 0 Å². The van der Waals surface area contributed by atoms with Crippen LogP contribution in [0.5, 0.6) is 0 Å². The zero-order valence-electron chi connectivity index (χ0n) is 7.50. The van der Waals surface area contributed by atoms with E-state index in [4.69, 9.17) is 0 Å². The summed E-state index contributed by atoms with van der Waals surface area (Å²) in [7, 11) is 3.02. The molecule has 0 spiro atoms.